The lowest BCUT2D eigenvalue weighted by molar-refractivity contribution is 0.409. The maximum absolute atomic E-state index is 5.66. The molecule has 14 heavy (non-hydrogen) atoms. The Morgan fingerprint density at radius 2 is 1.93 bits per heavy atom. The second kappa shape index (κ2) is 4.01. The topological polar surface area (TPSA) is 35.2 Å². The van der Waals surface area contributed by atoms with Crippen LogP contribution >= 0.6 is 0 Å². The molecule has 0 unspecified atom stereocenters. The normalized spacial score (nSPS) is 11.5. The number of hydrogen-bond acceptors (Lipinski definition) is 2. The third-order valence-electron chi connectivity index (χ3n) is 2.37. The van der Waals surface area contributed by atoms with Crippen LogP contribution in [0, 0.1) is 0 Å². The van der Waals surface area contributed by atoms with Crippen LogP contribution in [0.4, 0.5) is 0 Å². The minimum absolute atomic E-state index is 0.163. The molecule has 0 saturated carbocycles. The van der Waals surface area contributed by atoms with E-state index >= 15 is 0 Å². The fourth-order valence-corrected chi connectivity index (χ4v) is 1.40. The average Bonchev–Trinajstić information content (AvgIpc) is 2.15. The average molecular weight is 193 g/mol. The Kier molecular flexibility index (Phi) is 3.17. The van der Waals surface area contributed by atoms with E-state index in [0.717, 1.165) is 11.3 Å². The second-order valence-electron chi connectivity index (χ2n) is 4.48. The molecule has 0 aromatic heterocycles. The van der Waals surface area contributed by atoms with E-state index in [1.165, 1.54) is 5.56 Å². The van der Waals surface area contributed by atoms with Gasteiger partial charge >= 0.3 is 0 Å². The van der Waals surface area contributed by atoms with Crippen molar-refractivity contribution in [2.45, 2.75) is 32.7 Å². The van der Waals surface area contributed by atoms with Crippen LogP contribution < -0.4 is 10.5 Å². The highest BCUT2D eigenvalue weighted by atomic mass is 16.5. The van der Waals surface area contributed by atoms with Crippen molar-refractivity contribution in [2.75, 3.05) is 7.11 Å². The highest BCUT2D eigenvalue weighted by molar-refractivity contribution is 5.39. The summed E-state index contributed by atoms with van der Waals surface area (Å²) in [5, 5.41) is 0. The molecule has 1 aromatic carbocycles. The van der Waals surface area contributed by atoms with Gasteiger partial charge in [0.25, 0.3) is 0 Å². The van der Waals surface area contributed by atoms with Gasteiger partial charge in [-0.15, -0.1) is 0 Å². The highest BCUT2D eigenvalue weighted by Gasteiger charge is 2.15. The molecule has 2 heteroatoms. The van der Waals surface area contributed by atoms with Gasteiger partial charge in [0.2, 0.25) is 0 Å². The van der Waals surface area contributed by atoms with Crippen molar-refractivity contribution < 1.29 is 4.74 Å². The van der Waals surface area contributed by atoms with Crippen LogP contribution in [0.3, 0.4) is 0 Å². The van der Waals surface area contributed by atoms with Crippen molar-refractivity contribution in [1.82, 2.24) is 0 Å². The molecule has 1 aromatic rings. The number of hydrogen-bond donors (Lipinski definition) is 1. The summed E-state index contributed by atoms with van der Waals surface area (Å²) >= 11 is 0. The Balaban J connectivity index is 3.14. The molecule has 2 N–H and O–H groups in total. The van der Waals surface area contributed by atoms with E-state index in [1.807, 2.05) is 6.07 Å². The van der Waals surface area contributed by atoms with Crippen LogP contribution in [-0.4, -0.2) is 7.11 Å². The minimum Gasteiger partial charge on any atom is -0.496 e. The van der Waals surface area contributed by atoms with Gasteiger partial charge < -0.3 is 10.5 Å². The molecular weight excluding hydrogens is 174 g/mol. The van der Waals surface area contributed by atoms with Gasteiger partial charge in [-0.2, -0.15) is 0 Å². The summed E-state index contributed by atoms with van der Waals surface area (Å²) < 4.78 is 5.22. The second-order valence-corrected chi connectivity index (χ2v) is 4.48. The highest BCUT2D eigenvalue weighted by Crippen LogP contribution is 2.27. The van der Waals surface area contributed by atoms with Crippen LogP contribution in [0.2, 0.25) is 0 Å². The van der Waals surface area contributed by atoms with Crippen molar-refractivity contribution in [2.24, 2.45) is 5.73 Å². The Morgan fingerprint density at radius 1 is 1.29 bits per heavy atom. The first-order valence-corrected chi connectivity index (χ1v) is 4.86. The molecular formula is C12H19NO. The third-order valence-corrected chi connectivity index (χ3v) is 2.37. The first-order chi connectivity index (χ1) is 6.49. The van der Waals surface area contributed by atoms with Crippen molar-refractivity contribution >= 4 is 0 Å². The van der Waals surface area contributed by atoms with Crippen LogP contribution in [0.1, 0.15) is 31.9 Å². The minimum atomic E-state index is 0.163. The summed E-state index contributed by atoms with van der Waals surface area (Å²) in [5.74, 6) is 0.875. The van der Waals surface area contributed by atoms with Gasteiger partial charge in [-0.3, -0.25) is 0 Å². The first-order valence-electron chi connectivity index (χ1n) is 4.86. The molecule has 1 rings (SSSR count). The maximum atomic E-state index is 5.66. The Hall–Kier alpha value is -1.02. The number of benzene rings is 1. The third kappa shape index (κ3) is 2.26. The molecule has 0 radical (unpaired) electrons. The molecule has 0 bridgehead atoms. The van der Waals surface area contributed by atoms with Gasteiger partial charge in [0.15, 0.2) is 0 Å². The lowest BCUT2D eigenvalue weighted by atomic mass is 9.86. The van der Waals surface area contributed by atoms with Crippen LogP contribution in [0.15, 0.2) is 18.2 Å². The van der Waals surface area contributed by atoms with Crippen molar-refractivity contribution in [3.8, 4) is 5.75 Å². The molecule has 0 fully saturated rings. The zero-order chi connectivity index (χ0) is 10.8. The summed E-state index contributed by atoms with van der Waals surface area (Å²) in [7, 11) is 1.67. The smallest absolute Gasteiger partial charge is 0.123 e. The van der Waals surface area contributed by atoms with E-state index in [0.29, 0.717) is 6.54 Å². The molecule has 0 aliphatic rings. The van der Waals surface area contributed by atoms with Gasteiger partial charge in [-0.25, -0.2) is 0 Å². The van der Waals surface area contributed by atoms with E-state index in [9.17, 15) is 0 Å². The van der Waals surface area contributed by atoms with Gasteiger partial charge in [0.05, 0.1) is 7.11 Å². The summed E-state index contributed by atoms with van der Waals surface area (Å²) in [6.45, 7) is 7.09. The molecule has 0 amide bonds. The monoisotopic (exact) mass is 193 g/mol. The van der Waals surface area contributed by atoms with Crippen LogP contribution in [-0.2, 0) is 12.0 Å². The molecule has 2 nitrogen and oxygen atoms in total. The molecule has 0 atom stereocenters. The Morgan fingerprint density at radius 3 is 2.36 bits per heavy atom. The standard InChI is InChI=1S/C12H19NO/c1-12(2,3)10-5-6-11(14-4)9(7-10)8-13/h5-7H,8,13H2,1-4H3. The first kappa shape index (κ1) is 11.1. The molecule has 0 aliphatic heterocycles. The molecule has 78 valence electrons. The SMILES string of the molecule is COc1ccc(C(C)(C)C)cc1CN. The predicted octanol–water partition coefficient (Wildman–Crippen LogP) is 2.45. The quantitative estimate of drug-likeness (QED) is 0.783. The van der Waals surface area contributed by atoms with E-state index in [2.05, 4.69) is 32.9 Å². The number of ether oxygens (including phenoxy) is 1. The number of rotatable bonds is 2. The summed E-state index contributed by atoms with van der Waals surface area (Å²) in [6, 6.07) is 6.21. The summed E-state index contributed by atoms with van der Waals surface area (Å²) in [5.41, 5.74) is 8.18. The van der Waals surface area contributed by atoms with Crippen molar-refractivity contribution in [3.63, 3.8) is 0 Å². The molecule has 0 spiro atoms. The van der Waals surface area contributed by atoms with Gasteiger partial charge in [0.1, 0.15) is 5.75 Å². The zero-order valence-corrected chi connectivity index (χ0v) is 9.42. The maximum Gasteiger partial charge on any atom is 0.123 e. The van der Waals surface area contributed by atoms with Gasteiger partial charge in [0, 0.05) is 12.1 Å². The van der Waals surface area contributed by atoms with E-state index in [-0.39, 0.29) is 5.41 Å². The Labute approximate surface area is 86.1 Å². The largest absolute Gasteiger partial charge is 0.496 e. The van der Waals surface area contributed by atoms with E-state index < -0.39 is 0 Å². The Bertz CT molecular complexity index is 313. The fourth-order valence-electron chi connectivity index (χ4n) is 1.40. The lowest BCUT2D eigenvalue weighted by Gasteiger charge is -2.20. The predicted molar refractivity (Wildman–Crippen MR) is 59.6 cm³/mol. The van der Waals surface area contributed by atoms with Crippen molar-refractivity contribution in [1.29, 1.82) is 0 Å². The van der Waals surface area contributed by atoms with E-state index in [1.54, 1.807) is 7.11 Å². The van der Waals surface area contributed by atoms with Crippen LogP contribution in [0.25, 0.3) is 0 Å². The number of nitrogens with two attached hydrogens (primary N) is 1. The van der Waals surface area contributed by atoms with Gasteiger partial charge in [-0.1, -0.05) is 32.9 Å². The fraction of sp³-hybridized carbons (Fsp3) is 0.500. The molecule has 0 heterocycles. The van der Waals surface area contributed by atoms with Crippen LogP contribution in [0.5, 0.6) is 5.75 Å². The summed E-state index contributed by atoms with van der Waals surface area (Å²) in [4.78, 5) is 0. The lowest BCUT2D eigenvalue weighted by Crippen LogP contribution is -2.12. The van der Waals surface area contributed by atoms with E-state index in [4.69, 9.17) is 10.5 Å². The van der Waals surface area contributed by atoms with Gasteiger partial charge in [-0.05, 0) is 17.0 Å². The molecule has 0 aliphatic carbocycles. The number of methoxy groups -OCH3 is 1. The summed E-state index contributed by atoms with van der Waals surface area (Å²) in [6.07, 6.45) is 0. The molecule has 0 saturated heterocycles. The zero-order valence-electron chi connectivity index (χ0n) is 9.42. The van der Waals surface area contributed by atoms with Crippen molar-refractivity contribution in [3.05, 3.63) is 29.3 Å².